The molecule has 85 heavy (non-hydrogen) atoms. The predicted octanol–water partition coefficient (Wildman–Crippen LogP) is 23.1. The molecule has 0 amide bonds. The first-order chi connectivity index (χ1) is 42.1. The summed E-state index contributed by atoms with van der Waals surface area (Å²) in [5.41, 5.74) is 21.4. The molecule has 0 fully saturated rings. The molecule has 1 aliphatic carbocycles. The Morgan fingerprint density at radius 3 is 1.32 bits per heavy atom. The Hall–Kier alpha value is -11.0. The van der Waals surface area contributed by atoms with Crippen LogP contribution in [0.25, 0.3) is 170 Å². The molecule has 3 heterocycles. The van der Waals surface area contributed by atoms with E-state index in [0.29, 0.717) is 0 Å². The van der Waals surface area contributed by atoms with E-state index < -0.39 is 0 Å². The van der Waals surface area contributed by atoms with Gasteiger partial charge in [-0.05, 0) is 172 Å². The molecule has 17 aromatic rings. The maximum atomic E-state index is 6.69. The van der Waals surface area contributed by atoms with Crippen molar-refractivity contribution in [2.24, 2.45) is 0 Å². The quantitative estimate of drug-likeness (QED) is 0.149. The monoisotopic (exact) mass is 1080 g/mol. The van der Waals surface area contributed by atoms with Crippen molar-refractivity contribution >= 4 is 120 Å². The third kappa shape index (κ3) is 7.53. The van der Waals surface area contributed by atoms with E-state index in [1.807, 2.05) is 12.1 Å². The minimum atomic E-state index is 0.891. The van der Waals surface area contributed by atoms with Crippen LogP contribution in [0.4, 0.5) is 0 Å². The SMILES string of the molecule is C1=C(c2ccc3ccccc3c2)CCC(c2c3ccccc3c(-c3ccc(-c4ccc5ccccc5c4)cc3)c3ccc(-n4c5ccc(-c6cccc7c6oc6ccccc67)cc5c5cc(-c6cccc7c6oc6ccccc67)ccc54)cc23)=C1. The lowest BCUT2D eigenvalue weighted by atomic mass is 9.82. The number of nitrogens with zero attached hydrogens (tertiary/aromatic N) is 1. The number of rotatable bonds is 7. The molecule has 14 aromatic carbocycles. The molecule has 0 atom stereocenters. The zero-order valence-electron chi connectivity index (χ0n) is 46.3. The summed E-state index contributed by atoms with van der Waals surface area (Å²) >= 11 is 0. The summed E-state index contributed by atoms with van der Waals surface area (Å²) in [6.45, 7) is 0. The number of hydrogen-bond acceptors (Lipinski definition) is 2. The molecule has 0 saturated heterocycles. The molecule has 0 radical (unpaired) electrons. The van der Waals surface area contributed by atoms with E-state index in [-0.39, 0.29) is 0 Å². The normalized spacial score (nSPS) is 13.0. The van der Waals surface area contributed by atoms with Crippen molar-refractivity contribution in [3.63, 3.8) is 0 Å². The van der Waals surface area contributed by atoms with Crippen molar-refractivity contribution in [1.29, 1.82) is 0 Å². The molecule has 0 bridgehead atoms. The molecular formula is C82H51NO2. The third-order valence-electron chi connectivity index (χ3n) is 18.3. The number of hydrogen-bond donors (Lipinski definition) is 0. The second-order valence-corrected chi connectivity index (χ2v) is 23.0. The largest absolute Gasteiger partial charge is 0.455 e. The van der Waals surface area contributed by atoms with E-state index in [1.54, 1.807) is 0 Å². The number of para-hydroxylation sites is 4. The van der Waals surface area contributed by atoms with Gasteiger partial charge in [0, 0.05) is 49.1 Å². The molecule has 0 spiro atoms. The summed E-state index contributed by atoms with van der Waals surface area (Å²) in [6.07, 6.45) is 6.65. The molecule has 18 rings (SSSR count). The zero-order valence-corrected chi connectivity index (χ0v) is 46.3. The van der Waals surface area contributed by atoms with Crippen molar-refractivity contribution in [2.75, 3.05) is 0 Å². The van der Waals surface area contributed by atoms with Gasteiger partial charge in [0.2, 0.25) is 0 Å². The summed E-state index contributed by atoms with van der Waals surface area (Å²) in [6, 6.07) is 100. The standard InChI is InChI=1S/C82H51NO2/c1-3-15-56-45-58(37-31-50(56)13-1)52-27-33-54(34-28-52)79-67-19-5-6-20-68(67)80(55-35-29-53(30-36-55)59-38-32-51-14-2-4-16-57(51)46-59)74-49-62(41-42-69(74)79)83-75-43-39-60(63-21-11-23-70-65-17-7-9-25-77(65)84-81(63)70)47-72(75)73-48-61(40-44-76(73)83)64-22-12-24-71-66-18-8-10-26-78(66)85-82(64)71/h1-29,31-35,37-49H,30,36H2. The number of benzene rings is 14. The van der Waals surface area contributed by atoms with Crippen molar-refractivity contribution < 1.29 is 8.83 Å². The third-order valence-corrected chi connectivity index (χ3v) is 18.3. The highest BCUT2D eigenvalue weighted by molar-refractivity contribution is 6.21. The first kappa shape index (κ1) is 47.6. The van der Waals surface area contributed by atoms with Gasteiger partial charge in [0.1, 0.15) is 22.3 Å². The Labute approximate surface area is 489 Å². The lowest BCUT2D eigenvalue weighted by molar-refractivity contribution is 0.669. The van der Waals surface area contributed by atoms with E-state index in [0.717, 1.165) is 106 Å². The number of fused-ring (bicyclic) bond motifs is 13. The minimum Gasteiger partial charge on any atom is -0.455 e. The van der Waals surface area contributed by atoms with E-state index >= 15 is 0 Å². The van der Waals surface area contributed by atoms with Crippen molar-refractivity contribution in [3.8, 4) is 50.2 Å². The van der Waals surface area contributed by atoms with Gasteiger partial charge in [0.25, 0.3) is 0 Å². The lowest BCUT2D eigenvalue weighted by Gasteiger charge is -2.22. The topological polar surface area (TPSA) is 31.2 Å². The fourth-order valence-electron chi connectivity index (χ4n) is 14.2. The van der Waals surface area contributed by atoms with Gasteiger partial charge in [0.15, 0.2) is 0 Å². The van der Waals surface area contributed by atoms with Gasteiger partial charge >= 0.3 is 0 Å². The molecule has 1 aliphatic rings. The highest BCUT2D eigenvalue weighted by Gasteiger charge is 2.24. The van der Waals surface area contributed by atoms with Crippen molar-refractivity contribution in [2.45, 2.75) is 12.8 Å². The summed E-state index contributed by atoms with van der Waals surface area (Å²) in [7, 11) is 0. The first-order valence-corrected chi connectivity index (χ1v) is 29.5. The average Bonchev–Trinajstić information content (AvgIpc) is 2.62. The highest BCUT2D eigenvalue weighted by atomic mass is 16.3. The zero-order chi connectivity index (χ0) is 55.7. The molecule has 396 valence electrons. The fourth-order valence-corrected chi connectivity index (χ4v) is 14.2. The molecule has 0 aliphatic heterocycles. The Morgan fingerprint density at radius 2 is 0.718 bits per heavy atom. The Balaban J connectivity index is 0.866. The van der Waals surface area contributed by atoms with Crippen LogP contribution in [0.1, 0.15) is 24.0 Å². The summed E-state index contributed by atoms with van der Waals surface area (Å²) in [5, 5.41) is 16.8. The number of furan rings is 2. The van der Waals surface area contributed by atoms with Gasteiger partial charge < -0.3 is 13.4 Å². The van der Waals surface area contributed by atoms with Crippen LogP contribution >= 0.6 is 0 Å². The van der Waals surface area contributed by atoms with Crippen LogP contribution in [-0.2, 0) is 0 Å². The summed E-state index contributed by atoms with van der Waals surface area (Å²) in [4.78, 5) is 0. The Kier molecular flexibility index (Phi) is 10.5. The molecule has 3 heteroatoms. The molecule has 3 aromatic heterocycles. The Bertz CT molecular complexity index is 5550. The van der Waals surface area contributed by atoms with Gasteiger partial charge in [-0.25, -0.2) is 0 Å². The van der Waals surface area contributed by atoms with Crippen molar-refractivity contribution in [1.82, 2.24) is 4.57 Å². The second kappa shape index (κ2) is 18.8. The smallest absolute Gasteiger partial charge is 0.143 e. The van der Waals surface area contributed by atoms with E-state index in [4.69, 9.17) is 8.83 Å². The van der Waals surface area contributed by atoms with Crippen LogP contribution in [0.2, 0.25) is 0 Å². The molecule has 0 N–H and O–H groups in total. The highest BCUT2D eigenvalue weighted by Crippen LogP contribution is 2.48. The van der Waals surface area contributed by atoms with Gasteiger partial charge in [0.05, 0.1) is 11.0 Å². The van der Waals surface area contributed by atoms with Crippen LogP contribution in [0, 0.1) is 0 Å². The maximum absolute atomic E-state index is 6.69. The second-order valence-electron chi connectivity index (χ2n) is 23.0. The first-order valence-electron chi connectivity index (χ1n) is 29.5. The van der Waals surface area contributed by atoms with Crippen LogP contribution in [-0.4, -0.2) is 4.57 Å². The van der Waals surface area contributed by atoms with Crippen LogP contribution in [0.5, 0.6) is 0 Å². The van der Waals surface area contributed by atoms with Crippen LogP contribution in [0.15, 0.2) is 294 Å². The Morgan fingerprint density at radius 1 is 0.259 bits per heavy atom. The van der Waals surface area contributed by atoms with E-state index in [2.05, 4.69) is 278 Å². The number of allylic oxidation sites excluding steroid dienone is 4. The van der Waals surface area contributed by atoms with Gasteiger partial charge in [-0.1, -0.05) is 224 Å². The summed E-state index contributed by atoms with van der Waals surface area (Å²) < 4.78 is 15.9. The molecule has 0 saturated carbocycles. The predicted molar refractivity (Wildman–Crippen MR) is 359 cm³/mol. The van der Waals surface area contributed by atoms with Gasteiger partial charge in [-0.15, -0.1) is 0 Å². The minimum absolute atomic E-state index is 0.891. The van der Waals surface area contributed by atoms with E-state index in [9.17, 15) is 0 Å². The van der Waals surface area contributed by atoms with Crippen LogP contribution in [0.3, 0.4) is 0 Å². The van der Waals surface area contributed by atoms with Crippen LogP contribution < -0.4 is 0 Å². The maximum Gasteiger partial charge on any atom is 0.143 e. The summed E-state index contributed by atoms with van der Waals surface area (Å²) in [5.74, 6) is 0. The molecule has 0 unspecified atom stereocenters. The van der Waals surface area contributed by atoms with Crippen molar-refractivity contribution in [3.05, 3.63) is 296 Å². The van der Waals surface area contributed by atoms with E-state index in [1.165, 1.54) is 87.6 Å². The van der Waals surface area contributed by atoms with Gasteiger partial charge in [-0.3, -0.25) is 0 Å². The molecular weight excluding hydrogens is 1030 g/mol. The average molecular weight is 1080 g/mol. The number of aromatic nitrogens is 1. The molecule has 3 nitrogen and oxygen atoms in total. The lowest BCUT2D eigenvalue weighted by Crippen LogP contribution is -2.00. The fraction of sp³-hybridized carbons (Fsp3) is 0.0244. The van der Waals surface area contributed by atoms with Gasteiger partial charge in [-0.2, -0.15) is 0 Å².